The van der Waals surface area contributed by atoms with Crippen LogP contribution in [0.3, 0.4) is 0 Å². The van der Waals surface area contributed by atoms with Crippen molar-refractivity contribution in [3.05, 3.63) is 42.5 Å². The molecule has 1 aliphatic heterocycles. The van der Waals surface area contributed by atoms with Gasteiger partial charge in [0.15, 0.2) is 17.0 Å². The molecule has 5 atom stereocenters. The third kappa shape index (κ3) is 6.13. The molecule has 1 aliphatic rings. The lowest BCUT2D eigenvalue weighted by atomic mass is 10.2. The van der Waals surface area contributed by atoms with Crippen LogP contribution in [0.2, 0.25) is 0 Å². The molecule has 35 heavy (non-hydrogen) atoms. The zero-order chi connectivity index (χ0) is 25.1. The molecule has 1 saturated heterocycles. The summed E-state index contributed by atoms with van der Waals surface area (Å²) in [4.78, 5) is 42.5. The Kier molecular flexibility index (Phi) is 7.62. The SMILES string of the molecule is O=C(Nc1cc(F)cc(F)c1)Nc1ncnc2c1ncn2[C@H]1C[C@H](O[P+](=O)O)[C@@H](CO[P+](=O)O)O1. The lowest BCUT2D eigenvalue weighted by Gasteiger charge is -2.13. The first-order chi connectivity index (χ1) is 16.7. The zero-order valence-electron chi connectivity index (χ0n) is 17.3. The second-order valence-electron chi connectivity index (χ2n) is 7.06. The van der Waals surface area contributed by atoms with E-state index in [2.05, 4.69) is 30.1 Å². The summed E-state index contributed by atoms with van der Waals surface area (Å²) < 4.78 is 65.5. The van der Waals surface area contributed by atoms with Gasteiger partial charge in [-0.15, -0.1) is 18.8 Å². The molecule has 0 bridgehead atoms. The summed E-state index contributed by atoms with van der Waals surface area (Å²) in [7, 11) is -5.92. The fourth-order valence-corrected chi connectivity index (χ4v) is 4.16. The fraction of sp³-hybridized carbons (Fsp3) is 0.294. The Balaban J connectivity index is 1.52. The van der Waals surface area contributed by atoms with Gasteiger partial charge in [0.25, 0.3) is 0 Å². The lowest BCUT2D eigenvalue weighted by molar-refractivity contribution is -0.0347. The van der Waals surface area contributed by atoms with Crippen LogP contribution in [0.1, 0.15) is 12.6 Å². The molecule has 0 aliphatic carbocycles. The first-order valence-corrected chi connectivity index (χ1v) is 11.9. The van der Waals surface area contributed by atoms with Crippen molar-refractivity contribution in [1.82, 2.24) is 19.5 Å². The molecule has 184 valence electrons. The normalized spacial score (nSPS) is 20.6. The Morgan fingerprint density at radius 3 is 2.57 bits per heavy atom. The molecule has 0 saturated carbocycles. The van der Waals surface area contributed by atoms with Crippen LogP contribution in [0.4, 0.5) is 25.1 Å². The summed E-state index contributed by atoms with van der Waals surface area (Å²) in [6, 6.07) is 1.66. The largest absolute Gasteiger partial charge is 0.695 e. The van der Waals surface area contributed by atoms with E-state index in [0.29, 0.717) is 6.07 Å². The molecule has 4 rings (SSSR count). The van der Waals surface area contributed by atoms with Gasteiger partial charge in [0.2, 0.25) is 0 Å². The van der Waals surface area contributed by atoms with E-state index in [1.54, 1.807) is 0 Å². The van der Waals surface area contributed by atoms with Crippen LogP contribution < -0.4 is 10.6 Å². The van der Waals surface area contributed by atoms with Crippen LogP contribution in [-0.2, 0) is 22.9 Å². The van der Waals surface area contributed by atoms with Gasteiger partial charge in [0.05, 0.1) is 6.33 Å². The van der Waals surface area contributed by atoms with E-state index >= 15 is 0 Å². The molecule has 2 amide bonds. The van der Waals surface area contributed by atoms with Gasteiger partial charge in [-0.05, 0) is 12.1 Å². The number of hydrogen-bond acceptors (Lipinski definition) is 9. The van der Waals surface area contributed by atoms with Crippen molar-refractivity contribution in [3.63, 3.8) is 0 Å². The molecule has 18 heteroatoms. The van der Waals surface area contributed by atoms with Gasteiger partial charge in [-0.25, -0.2) is 28.5 Å². The number of benzene rings is 1. The average molecular weight is 532 g/mol. The van der Waals surface area contributed by atoms with Gasteiger partial charge >= 0.3 is 22.5 Å². The van der Waals surface area contributed by atoms with E-state index < -0.39 is 52.6 Å². The number of rotatable bonds is 8. The summed E-state index contributed by atoms with van der Waals surface area (Å²) in [5.41, 5.74) is 0.223. The molecule has 14 nitrogen and oxygen atoms in total. The van der Waals surface area contributed by atoms with Crippen molar-refractivity contribution in [2.45, 2.75) is 24.9 Å². The Bertz CT molecular complexity index is 1280. The minimum absolute atomic E-state index is 0.0236. The van der Waals surface area contributed by atoms with Gasteiger partial charge in [-0.1, -0.05) is 0 Å². The number of nitrogens with one attached hydrogen (secondary N) is 2. The minimum Gasteiger partial charge on any atom is -0.349 e. The second kappa shape index (κ2) is 10.7. The van der Waals surface area contributed by atoms with Crippen LogP contribution in [0.5, 0.6) is 0 Å². The standard InChI is InChI=1S/C17H14F2N6O8P2/c18-8-1-9(19)3-10(2-8)23-17(26)24-15-14-16(21-6-20-15)25(7-22-14)13-4-11(33-35(29)30)12(32-13)5-31-34(27)28/h1-3,6-7,11-13H,4-5H2,(H2-2,20,21,23,24,26,27,28,29,30)/p+2/t11-,12+,13+/m0/s1. The summed E-state index contributed by atoms with van der Waals surface area (Å²) >= 11 is 0. The first-order valence-electron chi connectivity index (χ1n) is 9.68. The summed E-state index contributed by atoms with van der Waals surface area (Å²) in [5.74, 6) is -1.77. The van der Waals surface area contributed by atoms with Gasteiger partial charge in [-0.2, -0.15) is 0 Å². The van der Waals surface area contributed by atoms with E-state index in [0.717, 1.165) is 18.5 Å². The number of halogens is 2. The third-order valence-corrected chi connectivity index (χ3v) is 5.60. The van der Waals surface area contributed by atoms with Crippen molar-refractivity contribution in [1.29, 1.82) is 0 Å². The highest BCUT2D eigenvalue weighted by Crippen LogP contribution is 2.37. The number of ether oxygens (including phenoxy) is 1. The highest BCUT2D eigenvalue weighted by atomic mass is 31.1. The Morgan fingerprint density at radius 2 is 1.89 bits per heavy atom. The Hall–Kier alpha value is -3.10. The highest BCUT2D eigenvalue weighted by molar-refractivity contribution is 7.32. The van der Waals surface area contributed by atoms with E-state index in [1.165, 1.54) is 10.9 Å². The van der Waals surface area contributed by atoms with Gasteiger partial charge < -0.3 is 10.1 Å². The molecular formula is C17H16F2N6O8P2+2. The number of amides is 2. The number of fused-ring (bicyclic) bond motifs is 1. The maximum absolute atomic E-state index is 13.3. The number of aromatic nitrogens is 4. The predicted molar refractivity (Wildman–Crippen MR) is 113 cm³/mol. The van der Waals surface area contributed by atoms with Crippen molar-refractivity contribution in [2.75, 3.05) is 17.2 Å². The molecular weight excluding hydrogens is 516 g/mol. The number of nitrogens with zero attached hydrogens (tertiary/aromatic N) is 4. The number of carbonyl (C=O) groups is 1. The molecule has 2 unspecified atom stereocenters. The van der Waals surface area contributed by atoms with Gasteiger partial charge in [0, 0.05) is 27.3 Å². The van der Waals surface area contributed by atoms with E-state index in [9.17, 15) is 22.7 Å². The second-order valence-corrected chi connectivity index (χ2v) is 8.48. The van der Waals surface area contributed by atoms with Gasteiger partial charge in [0.1, 0.15) is 43.0 Å². The third-order valence-electron chi connectivity index (χ3n) is 4.78. The smallest absolute Gasteiger partial charge is 0.349 e. The summed E-state index contributed by atoms with van der Waals surface area (Å²) in [6.07, 6.45) is -0.230. The van der Waals surface area contributed by atoms with E-state index in [4.69, 9.17) is 19.0 Å². The predicted octanol–water partition coefficient (Wildman–Crippen LogP) is 2.74. The molecule has 4 N–H and O–H groups in total. The summed E-state index contributed by atoms with van der Waals surface area (Å²) in [5, 5.41) is 4.69. The number of carbonyl (C=O) groups excluding carboxylic acids is 1. The summed E-state index contributed by atoms with van der Waals surface area (Å²) in [6.45, 7) is -0.384. The first kappa shape index (κ1) is 25.0. The number of imidazole rings is 1. The average Bonchev–Trinajstić information content (AvgIpc) is 3.35. The van der Waals surface area contributed by atoms with Crippen LogP contribution in [-0.4, -0.2) is 54.2 Å². The molecule has 3 aromatic rings. The Labute approximate surface area is 196 Å². The van der Waals surface area contributed by atoms with Crippen LogP contribution in [0.25, 0.3) is 11.2 Å². The fourth-order valence-electron chi connectivity index (χ4n) is 3.44. The molecule has 0 spiro atoms. The quantitative estimate of drug-likeness (QED) is 0.313. The van der Waals surface area contributed by atoms with Crippen molar-refractivity contribution >= 4 is 45.2 Å². The molecule has 1 fully saturated rings. The number of anilines is 2. The molecule has 2 aromatic heterocycles. The monoisotopic (exact) mass is 532 g/mol. The van der Waals surface area contributed by atoms with Crippen LogP contribution >= 0.6 is 16.5 Å². The van der Waals surface area contributed by atoms with Crippen molar-refractivity contribution in [3.8, 4) is 0 Å². The van der Waals surface area contributed by atoms with Gasteiger partial charge in [-0.3, -0.25) is 9.88 Å². The minimum atomic E-state index is -2.99. The molecule has 3 heterocycles. The maximum Gasteiger partial charge on any atom is 0.695 e. The van der Waals surface area contributed by atoms with E-state index in [1.807, 2.05) is 0 Å². The maximum atomic E-state index is 13.3. The van der Waals surface area contributed by atoms with Crippen LogP contribution in [0, 0.1) is 11.6 Å². The topological polar surface area (TPSA) is 187 Å². The highest BCUT2D eigenvalue weighted by Gasteiger charge is 2.44. The Morgan fingerprint density at radius 1 is 1.14 bits per heavy atom. The zero-order valence-corrected chi connectivity index (χ0v) is 19.1. The van der Waals surface area contributed by atoms with Crippen molar-refractivity contribution < 1.29 is 46.3 Å². The lowest BCUT2D eigenvalue weighted by Crippen LogP contribution is -2.26. The molecule has 1 aromatic carbocycles. The molecule has 0 radical (unpaired) electrons. The number of hydrogen-bond donors (Lipinski definition) is 4. The van der Waals surface area contributed by atoms with Crippen molar-refractivity contribution in [2.24, 2.45) is 0 Å². The number of urea groups is 1. The van der Waals surface area contributed by atoms with Crippen LogP contribution in [0.15, 0.2) is 30.9 Å². The van der Waals surface area contributed by atoms with E-state index in [-0.39, 0.29) is 35.7 Å².